The zero-order chi connectivity index (χ0) is 16.2. The average Bonchev–Trinajstić information content (AvgIpc) is 2.55. The third kappa shape index (κ3) is 4.09. The highest BCUT2D eigenvalue weighted by molar-refractivity contribution is 7.89. The molecule has 0 saturated carbocycles. The van der Waals surface area contributed by atoms with E-state index in [1.54, 1.807) is 18.3 Å². The van der Waals surface area contributed by atoms with Crippen molar-refractivity contribution in [3.05, 3.63) is 35.9 Å². The van der Waals surface area contributed by atoms with Crippen molar-refractivity contribution in [1.29, 1.82) is 0 Å². The minimum Gasteiger partial charge on any atom is -0.299 e. The van der Waals surface area contributed by atoms with Gasteiger partial charge in [0.05, 0.1) is 5.25 Å². The zero-order valence-electron chi connectivity index (χ0n) is 13.9. The van der Waals surface area contributed by atoms with Crippen molar-refractivity contribution in [3.8, 4) is 0 Å². The zero-order valence-corrected chi connectivity index (χ0v) is 14.7. The molecule has 124 valence electrons. The summed E-state index contributed by atoms with van der Waals surface area (Å²) < 4.78 is 26.5. The van der Waals surface area contributed by atoms with Crippen LogP contribution in [0.5, 0.6) is 0 Å². The van der Waals surface area contributed by atoms with Gasteiger partial charge in [0.15, 0.2) is 0 Å². The summed E-state index contributed by atoms with van der Waals surface area (Å²) in [4.78, 5) is 2.41. The van der Waals surface area contributed by atoms with Gasteiger partial charge in [0, 0.05) is 32.7 Å². The molecule has 1 atom stereocenters. The lowest BCUT2D eigenvalue weighted by atomic mass is 10.0. The molecule has 0 amide bonds. The second kappa shape index (κ2) is 7.57. The van der Waals surface area contributed by atoms with Crippen molar-refractivity contribution < 1.29 is 8.42 Å². The number of benzene rings is 1. The standard InChI is InChI=1S/C17H28N2O2S/c1-4-15(2)22(20,21)18(3)17-10-12-19(13-11-17)14-16-8-6-5-7-9-16/h5-9,15,17H,4,10-14H2,1-3H3/t15-/m0/s1. The molecule has 1 aliphatic heterocycles. The summed E-state index contributed by atoms with van der Waals surface area (Å²) in [5, 5.41) is -0.292. The van der Waals surface area contributed by atoms with E-state index in [9.17, 15) is 8.42 Å². The number of nitrogens with zero attached hydrogens (tertiary/aromatic N) is 2. The van der Waals surface area contributed by atoms with E-state index in [0.29, 0.717) is 6.42 Å². The Morgan fingerprint density at radius 2 is 1.82 bits per heavy atom. The van der Waals surface area contributed by atoms with Crippen molar-refractivity contribution in [2.45, 2.75) is 50.9 Å². The first-order chi connectivity index (χ1) is 10.4. The minimum absolute atomic E-state index is 0.144. The molecule has 5 heteroatoms. The summed E-state index contributed by atoms with van der Waals surface area (Å²) in [6.45, 7) is 6.60. The van der Waals surface area contributed by atoms with Gasteiger partial charge < -0.3 is 0 Å². The number of piperidine rings is 1. The van der Waals surface area contributed by atoms with Crippen LogP contribution in [-0.4, -0.2) is 49.1 Å². The second-order valence-corrected chi connectivity index (χ2v) is 8.68. The fourth-order valence-electron chi connectivity index (χ4n) is 2.98. The molecule has 4 nitrogen and oxygen atoms in total. The highest BCUT2D eigenvalue weighted by Crippen LogP contribution is 2.22. The first-order valence-electron chi connectivity index (χ1n) is 8.18. The Bertz CT molecular complexity index is 551. The van der Waals surface area contributed by atoms with Crippen LogP contribution >= 0.6 is 0 Å². The Kier molecular flexibility index (Phi) is 6.01. The van der Waals surface area contributed by atoms with E-state index in [4.69, 9.17) is 0 Å². The summed E-state index contributed by atoms with van der Waals surface area (Å²) in [5.41, 5.74) is 1.32. The van der Waals surface area contributed by atoms with Crippen LogP contribution in [-0.2, 0) is 16.6 Å². The van der Waals surface area contributed by atoms with Gasteiger partial charge >= 0.3 is 0 Å². The van der Waals surface area contributed by atoms with Crippen LogP contribution in [0.3, 0.4) is 0 Å². The van der Waals surface area contributed by atoms with Gasteiger partial charge in [0.1, 0.15) is 0 Å². The highest BCUT2D eigenvalue weighted by atomic mass is 32.2. The molecule has 1 aliphatic rings. The van der Waals surface area contributed by atoms with Crippen molar-refractivity contribution in [3.63, 3.8) is 0 Å². The number of likely N-dealkylation sites (tertiary alicyclic amines) is 1. The molecule has 2 rings (SSSR count). The Morgan fingerprint density at radius 3 is 2.36 bits per heavy atom. The van der Waals surface area contributed by atoms with Crippen LogP contribution in [0, 0.1) is 0 Å². The maximum atomic E-state index is 12.4. The van der Waals surface area contributed by atoms with Gasteiger partial charge in [0.2, 0.25) is 10.0 Å². The normalized spacial score (nSPS) is 19.5. The monoisotopic (exact) mass is 324 g/mol. The molecular weight excluding hydrogens is 296 g/mol. The Balaban J connectivity index is 1.89. The van der Waals surface area contributed by atoms with Crippen molar-refractivity contribution in [1.82, 2.24) is 9.21 Å². The number of hydrogen-bond donors (Lipinski definition) is 0. The molecule has 1 saturated heterocycles. The summed E-state index contributed by atoms with van der Waals surface area (Å²) >= 11 is 0. The molecule has 1 fully saturated rings. The Labute approximate surface area is 135 Å². The fourth-order valence-corrected chi connectivity index (χ4v) is 4.60. The van der Waals surface area contributed by atoms with Crippen LogP contribution in [0.2, 0.25) is 0 Å². The van der Waals surface area contributed by atoms with E-state index in [2.05, 4.69) is 29.2 Å². The summed E-state index contributed by atoms with van der Waals surface area (Å²) in [6.07, 6.45) is 2.50. The molecular formula is C17H28N2O2S. The lowest BCUT2D eigenvalue weighted by Crippen LogP contribution is -2.47. The van der Waals surface area contributed by atoms with Crippen LogP contribution in [0.25, 0.3) is 0 Å². The first kappa shape index (κ1) is 17.4. The lowest BCUT2D eigenvalue weighted by molar-refractivity contribution is 0.163. The topological polar surface area (TPSA) is 40.6 Å². The van der Waals surface area contributed by atoms with Gasteiger partial charge in [-0.05, 0) is 31.7 Å². The second-order valence-electron chi connectivity index (χ2n) is 6.27. The molecule has 0 unspecified atom stereocenters. The highest BCUT2D eigenvalue weighted by Gasteiger charge is 2.32. The van der Waals surface area contributed by atoms with E-state index >= 15 is 0 Å². The van der Waals surface area contributed by atoms with E-state index in [0.717, 1.165) is 32.5 Å². The summed E-state index contributed by atoms with van der Waals surface area (Å²) in [5.74, 6) is 0. The third-order valence-corrected chi connectivity index (χ3v) is 7.26. The van der Waals surface area contributed by atoms with E-state index in [1.165, 1.54) is 5.56 Å². The molecule has 0 radical (unpaired) electrons. The Hall–Kier alpha value is -0.910. The molecule has 22 heavy (non-hydrogen) atoms. The van der Waals surface area contributed by atoms with Crippen molar-refractivity contribution in [2.75, 3.05) is 20.1 Å². The van der Waals surface area contributed by atoms with E-state index in [1.807, 2.05) is 13.0 Å². The van der Waals surface area contributed by atoms with Crippen LogP contribution in [0.4, 0.5) is 0 Å². The Morgan fingerprint density at radius 1 is 1.23 bits per heavy atom. The van der Waals surface area contributed by atoms with Crippen molar-refractivity contribution >= 4 is 10.0 Å². The molecule has 0 aliphatic carbocycles. The first-order valence-corrected chi connectivity index (χ1v) is 9.68. The molecule has 1 heterocycles. The van der Waals surface area contributed by atoms with Gasteiger partial charge in [0.25, 0.3) is 0 Å². The van der Waals surface area contributed by atoms with Gasteiger partial charge in [-0.15, -0.1) is 0 Å². The smallest absolute Gasteiger partial charge is 0.216 e. The fraction of sp³-hybridized carbons (Fsp3) is 0.647. The van der Waals surface area contributed by atoms with Crippen LogP contribution in [0.1, 0.15) is 38.7 Å². The van der Waals surface area contributed by atoms with Gasteiger partial charge in [-0.3, -0.25) is 4.90 Å². The van der Waals surface area contributed by atoms with Gasteiger partial charge in [-0.1, -0.05) is 37.3 Å². The quantitative estimate of drug-likeness (QED) is 0.808. The summed E-state index contributed by atoms with van der Waals surface area (Å²) in [6, 6.07) is 10.6. The predicted molar refractivity (Wildman–Crippen MR) is 91.2 cm³/mol. The largest absolute Gasteiger partial charge is 0.299 e. The molecule has 1 aromatic rings. The van der Waals surface area contributed by atoms with Crippen LogP contribution in [0.15, 0.2) is 30.3 Å². The molecule has 0 spiro atoms. The molecule has 0 N–H and O–H groups in total. The maximum Gasteiger partial charge on any atom is 0.216 e. The van der Waals surface area contributed by atoms with E-state index < -0.39 is 10.0 Å². The number of rotatable bonds is 6. The van der Waals surface area contributed by atoms with Gasteiger partial charge in [-0.2, -0.15) is 0 Å². The van der Waals surface area contributed by atoms with Gasteiger partial charge in [-0.25, -0.2) is 12.7 Å². The molecule has 0 aromatic heterocycles. The van der Waals surface area contributed by atoms with Crippen molar-refractivity contribution in [2.24, 2.45) is 0 Å². The third-order valence-electron chi connectivity index (χ3n) is 4.81. The van der Waals surface area contributed by atoms with Crippen LogP contribution < -0.4 is 0 Å². The number of sulfonamides is 1. The molecule has 0 bridgehead atoms. The summed E-state index contributed by atoms with van der Waals surface area (Å²) in [7, 11) is -1.40. The average molecular weight is 324 g/mol. The SMILES string of the molecule is CC[C@H](C)S(=O)(=O)N(C)C1CCN(Cc2ccccc2)CC1. The minimum atomic E-state index is -3.15. The predicted octanol–water partition coefficient (Wildman–Crippen LogP) is 2.71. The van der Waals surface area contributed by atoms with E-state index in [-0.39, 0.29) is 11.3 Å². The lowest BCUT2D eigenvalue weighted by Gasteiger charge is -2.37. The molecule has 1 aromatic carbocycles. The number of hydrogen-bond acceptors (Lipinski definition) is 3. The maximum absolute atomic E-state index is 12.4.